The largest absolute Gasteiger partial charge is 0.370 e. The van der Waals surface area contributed by atoms with Crippen molar-refractivity contribution in [2.75, 3.05) is 0 Å². The number of nitrogens with two attached hydrogens (primary N) is 2. The van der Waals surface area contributed by atoms with Crippen molar-refractivity contribution >= 4 is 29.9 Å². The summed E-state index contributed by atoms with van der Waals surface area (Å²) in [6.07, 6.45) is 1.01. The summed E-state index contributed by atoms with van der Waals surface area (Å²) in [6.45, 7) is 7.44. The first-order chi connectivity index (χ1) is 16.4. The molecule has 4 amide bonds. The van der Waals surface area contributed by atoms with Crippen molar-refractivity contribution in [2.24, 2.45) is 23.3 Å². The Kier molecular flexibility index (Phi) is 12.6. The lowest BCUT2D eigenvalue weighted by Crippen LogP contribution is -2.57. The molecule has 0 aliphatic heterocycles. The molecule has 0 aliphatic rings. The van der Waals surface area contributed by atoms with E-state index in [1.807, 2.05) is 58.0 Å². The topological polar surface area (TPSA) is 173 Å². The van der Waals surface area contributed by atoms with Gasteiger partial charge < -0.3 is 32.2 Å². The molecule has 7 N–H and O–H groups in total. The number of carbonyl (C=O) groups excluding carboxylic acids is 5. The summed E-state index contributed by atoms with van der Waals surface area (Å²) in [7, 11) is 0. The monoisotopic (exact) mass is 489 g/mol. The van der Waals surface area contributed by atoms with Gasteiger partial charge in [-0.3, -0.25) is 19.2 Å². The van der Waals surface area contributed by atoms with Gasteiger partial charge in [0.15, 0.2) is 0 Å². The van der Waals surface area contributed by atoms with Gasteiger partial charge in [-0.2, -0.15) is 0 Å². The van der Waals surface area contributed by atoms with Crippen LogP contribution in [0.1, 0.15) is 52.5 Å². The molecule has 4 atom stereocenters. The SMILES string of the molecule is CC(C)C[C@H](NC(=O)[C@@H](N)C(C)C)C(=O)N[C@@H](Cc1ccccc1)C(=O)N[C@H](C=O)CCC(N)=O. The van der Waals surface area contributed by atoms with Crippen molar-refractivity contribution in [2.45, 2.75) is 77.5 Å². The second kappa shape index (κ2) is 14.9. The van der Waals surface area contributed by atoms with Gasteiger partial charge in [0, 0.05) is 12.8 Å². The maximum absolute atomic E-state index is 13.2. The van der Waals surface area contributed by atoms with Crippen LogP contribution >= 0.6 is 0 Å². The van der Waals surface area contributed by atoms with E-state index in [0.717, 1.165) is 5.56 Å². The van der Waals surface area contributed by atoms with E-state index in [0.29, 0.717) is 12.7 Å². The van der Waals surface area contributed by atoms with Crippen LogP contribution in [0.3, 0.4) is 0 Å². The van der Waals surface area contributed by atoms with Crippen molar-refractivity contribution in [1.82, 2.24) is 16.0 Å². The van der Waals surface area contributed by atoms with E-state index < -0.39 is 47.8 Å². The zero-order valence-corrected chi connectivity index (χ0v) is 21.0. The van der Waals surface area contributed by atoms with Gasteiger partial charge in [-0.1, -0.05) is 58.0 Å². The van der Waals surface area contributed by atoms with Crippen LogP contribution in [-0.4, -0.2) is 54.1 Å². The first kappa shape index (κ1) is 29.8. The molecule has 0 fully saturated rings. The molecule has 0 saturated heterocycles. The quantitative estimate of drug-likeness (QED) is 0.220. The highest BCUT2D eigenvalue weighted by molar-refractivity contribution is 5.93. The van der Waals surface area contributed by atoms with Crippen LogP contribution in [0.25, 0.3) is 0 Å². The van der Waals surface area contributed by atoms with Crippen LogP contribution in [0.2, 0.25) is 0 Å². The Balaban J connectivity index is 3.07. The molecule has 0 saturated carbocycles. The van der Waals surface area contributed by atoms with Crippen molar-refractivity contribution < 1.29 is 24.0 Å². The molecular formula is C25H39N5O5. The normalized spacial score (nSPS) is 14.5. The predicted octanol–water partition coefficient (Wildman–Crippen LogP) is 0.177. The average Bonchev–Trinajstić information content (AvgIpc) is 2.80. The molecule has 194 valence electrons. The van der Waals surface area contributed by atoms with Gasteiger partial charge in [-0.25, -0.2) is 0 Å². The number of benzene rings is 1. The molecule has 10 heteroatoms. The molecule has 0 bridgehead atoms. The summed E-state index contributed by atoms with van der Waals surface area (Å²) < 4.78 is 0. The van der Waals surface area contributed by atoms with E-state index >= 15 is 0 Å². The van der Waals surface area contributed by atoms with E-state index in [1.165, 1.54) is 0 Å². The highest BCUT2D eigenvalue weighted by Crippen LogP contribution is 2.09. The smallest absolute Gasteiger partial charge is 0.243 e. The summed E-state index contributed by atoms with van der Waals surface area (Å²) in [6, 6.07) is 5.44. The zero-order valence-electron chi connectivity index (χ0n) is 21.0. The number of nitrogens with one attached hydrogen (secondary N) is 3. The molecule has 1 aromatic rings. The molecule has 35 heavy (non-hydrogen) atoms. The maximum atomic E-state index is 13.2. The lowest BCUT2D eigenvalue weighted by Gasteiger charge is -2.26. The van der Waals surface area contributed by atoms with Gasteiger partial charge in [-0.15, -0.1) is 0 Å². The lowest BCUT2D eigenvalue weighted by molar-refractivity contribution is -0.133. The van der Waals surface area contributed by atoms with Gasteiger partial charge >= 0.3 is 0 Å². The third-order valence-electron chi connectivity index (χ3n) is 5.47. The summed E-state index contributed by atoms with van der Waals surface area (Å²) in [5.74, 6) is -2.19. The number of aldehydes is 1. The summed E-state index contributed by atoms with van der Waals surface area (Å²) >= 11 is 0. The van der Waals surface area contributed by atoms with Gasteiger partial charge in [-0.05, 0) is 30.2 Å². The lowest BCUT2D eigenvalue weighted by atomic mass is 9.99. The molecule has 0 spiro atoms. The van der Waals surface area contributed by atoms with Gasteiger partial charge in [0.2, 0.25) is 23.6 Å². The molecular weight excluding hydrogens is 450 g/mol. The third-order valence-corrected chi connectivity index (χ3v) is 5.47. The Morgan fingerprint density at radius 3 is 1.97 bits per heavy atom. The second-order valence-corrected chi connectivity index (χ2v) is 9.47. The Morgan fingerprint density at radius 2 is 1.46 bits per heavy atom. The van der Waals surface area contributed by atoms with E-state index in [4.69, 9.17) is 11.5 Å². The van der Waals surface area contributed by atoms with E-state index in [2.05, 4.69) is 16.0 Å². The molecule has 0 heterocycles. The maximum Gasteiger partial charge on any atom is 0.243 e. The van der Waals surface area contributed by atoms with E-state index in [9.17, 15) is 24.0 Å². The van der Waals surface area contributed by atoms with Gasteiger partial charge in [0.25, 0.3) is 0 Å². The molecule has 0 aliphatic carbocycles. The van der Waals surface area contributed by atoms with Crippen LogP contribution in [-0.2, 0) is 30.4 Å². The van der Waals surface area contributed by atoms with Crippen LogP contribution in [0.15, 0.2) is 30.3 Å². The molecule has 0 unspecified atom stereocenters. The fraction of sp³-hybridized carbons (Fsp3) is 0.560. The molecule has 0 aromatic heterocycles. The Labute approximate surface area is 207 Å². The first-order valence-corrected chi connectivity index (χ1v) is 11.9. The Bertz CT molecular complexity index is 859. The Hall–Kier alpha value is -3.27. The summed E-state index contributed by atoms with van der Waals surface area (Å²) in [4.78, 5) is 61.3. The fourth-order valence-corrected chi connectivity index (χ4v) is 3.36. The van der Waals surface area contributed by atoms with Crippen molar-refractivity contribution in [3.63, 3.8) is 0 Å². The van der Waals surface area contributed by atoms with Crippen LogP contribution in [0.5, 0.6) is 0 Å². The van der Waals surface area contributed by atoms with Crippen molar-refractivity contribution in [3.05, 3.63) is 35.9 Å². The van der Waals surface area contributed by atoms with Crippen molar-refractivity contribution in [1.29, 1.82) is 0 Å². The predicted molar refractivity (Wildman–Crippen MR) is 133 cm³/mol. The van der Waals surface area contributed by atoms with Crippen LogP contribution in [0.4, 0.5) is 0 Å². The summed E-state index contributed by atoms with van der Waals surface area (Å²) in [5, 5.41) is 8.00. The fourth-order valence-electron chi connectivity index (χ4n) is 3.36. The van der Waals surface area contributed by atoms with E-state index in [-0.39, 0.29) is 31.1 Å². The number of primary amides is 1. The highest BCUT2D eigenvalue weighted by atomic mass is 16.2. The number of amides is 4. The molecule has 1 rings (SSSR count). The van der Waals surface area contributed by atoms with Gasteiger partial charge in [0.05, 0.1) is 12.1 Å². The number of carbonyl (C=O) groups is 5. The third kappa shape index (κ3) is 11.1. The molecule has 10 nitrogen and oxygen atoms in total. The zero-order chi connectivity index (χ0) is 26.5. The minimum atomic E-state index is -1.02. The molecule has 0 radical (unpaired) electrons. The highest BCUT2D eigenvalue weighted by Gasteiger charge is 2.30. The number of hydrogen-bond acceptors (Lipinski definition) is 6. The van der Waals surface area contributed by atoms with Crippen LogP contribution < -0.4 is 27.4 Å². The standard InChI is InChI=1S/C25H39N5O5/c1-15(2)12-19(30-25(35)22(27)16(3)4)24(34)29-20(13-17-8-6-5-7-9-17)23(33)28-18(14-31)10-11-21(26)32/h5-9,14-16,18-20,22H,10-13,27H2,1-4H3,(H2,26,32)(H,28,33)(H,29,34)(H,30,35)/t18-,19-,20-,22-/m0/s1. The second-order valence-electron chi connectivity index (χ2n) is 9.47. The van der Waals surface area contributed by atoms with Crippen molar-refractivity contribution in [3.8, 4) is 0 Å². The van der Waals surface area contributed by atoms with Crippen LogP contribution in [0, 0.1) is 11.8 Å². The Morgan fingerprint density at radius 1 is 0.886 bits per heavy atom. The minimum Gasteiger partial charge on any atom is -0.370 e. The number of rotatable bonds is 15. The first-order valence-electron chi connectivity index (χ1n) is 11.9. The molecule has 1 aromatic carbocycles. The summed E-state index contributed by atoms with van der Waals surface area (Å²) in [5.41, 5.74) is 11.9. The number of hydrogen-bond donors (Lipinski definition) is 5. The minimum absolute atomic E-state index is 0.0513. The average molecular weight is 490 g/mol. The van der Waals surface area contributed by atoms with Gasteiger partial charge in [0.1, 0.15) is 18.4 Å². The van der Waals surface area contributed by atoms with E-state index in [1.54, 1.807) is 0 Å².